The van der Waals surface area contributed by atoms with Crippen molar-refractivity contribution in [2.45, 2.75) is 25.3 Å². The number of hydrogen-bond acceptors (Lipinski definition) is 4. The lowest BCUT2D eigenvalue weighted by molar-refractivity contribution is -0.125. The first kappa shape index (κ1) is 23.1. The molecule has 178 valence electrons. The highest BCUT2D eigenvalue weighted by Crippen LogP contribution is 2.55. The number of fused-ring (bicyclic) bond motifs is 2. The fourth-order valence-corrected chi connectivity index (χ4v) is 5.92. The molecule has 0 radical (unpaired) electrons. The lowest BCUT2D eigenvalue weighted by Crippen LogP contribution is -2.51. The molecule has 0 bridgehead atoms. The molecule has 3 amide bonds. The van der Waals surface area contributed by atoms with Crippen molar-refractivity contribution in [2.75, 3.05) is 22.1 Å². The molecule has 0 saturated carbocycles. The Hall–Kier alpha value is -3.65. The van der Waals surface area contributed by atoms with Crippen LogP contribution in [-0.2, 0) is 25.8 Å². The summed E-state index contributed by atoms with van der Waals surface area (Å²) in [5.41, 5.74) is 4.72. The van der Waals surface area contributed by atoms with Crippen LogP contribution < -0.4 is 15.1 Å². The Morgan fingerprint density at radius 2 is 1.69 bits per heavy atom. The average molecular weight is 490 g/mol. The Morgan fingerprint density at radius 3 is 2.40 bits per heavy atom. The van der Waals surface area contributed by atoms with Gasteiger partial charge in [-0.05, 0) is 49.7 Å². The number of hydrogen-bond donors (Lipinski definition) is 1. The molecule has 2 aliphatic rings. The first-order valence-corrected chi connectivity index (χ1v) is 12.3. The van der Waals surface area contributed by atoms with Gasteiger partial charge in [0.05, 0.1) is 11.4 Å². The third-order valence-corrected chi connectivity index (χ3v) is 7.69. The fourth-order valence-electron chi connectivity index (χ4n) is 4.57. The molecule has 0 aliphatic carbocycles. The maximum Gasteiger partial charge on any atom is 0.269 e. The zero-order valence-electron chi connectivity index (χ0n) is 19.4. The second-order valence-electron chi connectivity index (χ2n) is 8.81. The van der Waals surface area contributed by atoms with Gasteiger partial charge in [0.15, 0.2) is 0 Å². The highest BCUT2D eigenvalue weighted by atomic mass is 32.2. The van der Waals surface area contributed by atoms with Crippen molar-refractivity contribution >= 4 is 40.9 Å². The lowest BCUT2D eigenvalue weighted by atomic mass is 10.0. The number of amides is 3. The van der Waals surface area contributed by atoms with Crippen molar-refractivity contribution in [1.82, 2.24) is 5.32 Å². The molecule has 1 N–H and O–H groups in total. The highest BCUT2D eigenvalue weighted by Gasteiger charge is 2.61. The SMILES string of the molecule is Cc1ccc(CNC(=O)CN2C(=O)[C@@]3(SCC(=O)N3c3ccc(F)cc3)c3cc(C)ccc32)cc1. The van der Waals surface area contributed by atoms with E-state index >= 15 is 0 Å². The van der Waals surface area contributed by atoms with Gasteiger partial charge in [0.25, 0.3) is 5.91 Å². The summed E-state index contributed by atoms with van der Waals surface area (Å²) in [6.07, 6.45) is 0. The van der Waals surface area contributed by atoms with Gasteiger partial charge >= 0.3 is 0 Å². The second-order valence-corrected chi connectivity index (χ2v) is 9.98. The van der Waals surface area contributed by atoms with E-state index in [9.17, 15) is 18.8 Å². The van der Waals surface area contributed by atoms with Crippen LogP contribution in [0.4, 0.5) is 15.8 Å². The van der Waals surface area contributed by atoms with Gasteiger partial charge in [-0.25, -0.2) is 4.39 Å². The van der Waals surface area contributed by atoms with Gasteiger partial charge in [-0.1, -0.05) is 47.5 Å². The van der Waals surface area contributed by atoms with E-state index in [4.69, 9.17) is 0 Å². The number of anilines is 2. The van der Waals surface area contributed by atoms with Gasteiger partial charge in [-0.15, -0.1) is 11.8 Å². The van der Waals surface area contributed by atoms with Crippen LogP contribution >= 0.6 is 11.8 Å². The summed E-state index contributed by atoms with van der Waals surface area (Å²) in [7, 11) is 0. The number of carbonyl (C=O) groups is 3. The molecular weight excluding hydrogens is 465 g/mol. The molecule has 5 rings (SSSR count). The standard InChI is InChI=1S/C27H24FN3O3S/c1-17-3-6-19(7-4-17)14-29-24(32)15-30-23-12-5-18(2)13-22(23)27(26(30)34)31(25(33)16-35-27)21-10-8-20(28)9-11-21/h3-13H,14-16H2,1-2H3,(H,29,32)/t27-/m0/s1. The largest absolute Gasteiger partial charge is 0.350 e. The van der Waals surface area contributed by atoms with Gasteiger partial charge in [0.1, 0.15) is 12.4 Å². The molecule has 0 unspecified atom stereocenters. The minimum atomic E-state index is -1.34. The monoisotopic (exact) mass is 489 g/mol. The van der Waals surface area contributed by atoms with Crippen LogP contribution in [-0.4, -0.2) is 30.0 Å². The summed E-state index contributed by atoms with van der Waals surface area (Å²) in [6.45, 7) is 4.09. The van der Waals surface area contributed by atoms with Crippen molar-refractivity contribution in [2.24, 2.45) is 0 Å². The van der Waals surface area contributed by atoms with Gasteiger partial charge in [0.2, 0.25) is 16.7 Å². The Balaban J connectivity index is 1.47. The maximum atomic E-state index is 14.0. The van der Waals surface area contributed by atoms with Crippen LogP contribution in [0, 0.1) is 19.7 Å². The summed E-state index contributed by atoms with van der Waals surface area (Å²) < 4.78 is 13.6. The quantitative estimate of drug-likeness (QED) is 0.588. The van der Waals surface area contributed by atoms with Gasteiger partial charge in [0, 0.05) is 17.8 Å². The van der Waals surface area contributed by atoms with Crippen molar-refractivity contribution in [1.29, 1.82) is 0 Å². The van der Waals surface area contributed by atoms with Gasteiger partial charge in [-0.2, -0.15) is 0 Å². The first-order chi connectivity index (χ1) is 16.8. The predicted octanol–water partition coefficient (Wildman–Crippen LogP) is 4.04. The zero-order chi connectivity index (χ0) is 24.7. The summed E-state index contributed by atoms with van der Waals surface area (Å²) in [5.74, 6) is -1.23. The molecule has 1 saturated heterocycles. The van der Waals surface area contributed by atoms with Crippen LogP contribution in [0.5, 0.6) is 0 Å². The van der Waals surface area contributed by atoms with Gasteiger partial charge < -0.3 is 5.32 Å². The van der Waals surface area contributed by atoms with E-state index in [2.05, 4.69) is 5.32 Å². The Kier molecular flexibility index (Phi) is 5.84. The van der Waals surface area contributed by atoms with E-state index < -0.39 is 10.7 Å². The van der Waals surface area contributed by atoms with Crippen molar-refractivity contribution in [3.05, 3.63) is 94.8 Å². The molecule has 8 heteroatoms. The van der Waals surface area contributed by atoms with Gasteiger partial charge in [-0.3, -0.25) is 24.2 Å². The summed E-state index contributed by atoms with van der Waals surface area (Å²) in [6, 6.07) is 19.0. The van der Waals surface area contributed by atoms with Crippen LogP contribution in [0.2, 0.25) is 0 Å². The second kappa shape index (κ2) is 8.85. The minimum Gasteiger partial charge on any atom is -0.350 e. The number of benzene rings is 3. The molecular formula is C27H24FN3O3S. The molecule has 0 aromatic heterocycles. The molecule has 2 heterocycles. The molecule has 1 atom stereocenters. The third-order valence-electron chi connectivity index (χ3n) is 6.31. The molecule has 35 heavy (non-hydrogen) atoms. The predicted molar refractivity (Wildman–Crippen MR) is 135 cm³/mol. The Labute approximate surface area is 207 Å². The van der Waals surface area contributed by atoms with Crippen molar-refractivity contribution < 1.29 is 18.8 Å². The minimum absolute atomic E-state index is 0.101. The Bertz CT molecular complexity index is 1330. The third kappa shape index (κ3) is 3.97. The average Bonchev–Trinajstić information content (AvgIpc) is 3.30. The van der Waals surface area contributed by atoms with E-state index in [1.807, 2.05) is 56.3 Å². The number of thioether (sulfide) groups is 1. The van der Waals surface area contributed by atoms with Crippen LogP contribution in [0.15, 0.2) is 66.7 Å². The van der Waals surface area contributed by atoms with Crippen LogP contribution in [0.1, 0.15) is 22.3 Å². The fraction of sp³-hybridized carbons (Fsp3) is 0.222. The molecule has 6 nitrogen and oxygen atoms in total. The number of nitrogens with zero attached hydrogens (tertiary/aromatic N) is 2. The molecule has 3 aromatic carbocycles. The van der Waals surface area contributed by atoms with Crippen LogP contribution in [0.25, 0.3) is 0 Å². The van der Waals surface area contributed by atoms with Crippen LogP contribution in [0.3, 0.4) is 0 Å². The molecule has 1 fully saturated rings. The lowest BCUT2D eigenvalue weighted by Gasteiger charge is -2.33. The summed E-state index contributed by atoms with van der Waals surface area (Å²) >= 11 is 1.23. The number of halogens is 1. The number of nitrogens with one attached hydrogen (secondary N) is 1. The van der Waals surface area contributed by atoms with Crippen molar-refractivity contribution in [3.63, 3.8) is 0 Å². The normalized spacial score (nSPS) is 18.9. The molecule has 3 aromatic rings. The summed E-state index contributed by atoms with van der Waals surface area (Å²) in [5, 5.41) is 2.88. The first-order valence-electron chi connectivity index (χ1n) is 11.3. The molecule has 1 spiro atoms. The number of carbonyl (C=O) groups excluding carboxylic acids is 3. The van der Waals surface area contributed by atoms with E-state index in [1.54, 1.807) is 0 Å². The van der Waals surface area contributed by atoms with E-state index in [0.717, 1.165) is 16.7 Å². The number of rotatable bonds is 5. The number of aryl methyl sites for hydroxylation is 2. The topological polar surface area (TPSA) is 69.7 Å². The smallest absolute Gasteiger partial charge is 0.269 e. The summed E-state index contributed by atoms with van der Waals surface area (Å²) in [4.78, 5) is 41.5. The zero-order valence-corrected chi connectivity index (χ0v) is 20.2. The molecule has 2 aliphatic heterocycles. The van der Waals surface area contributed by atoms with E-state index in [0.29, 0.717) is 23.5 Å². The van der Waals surface area contributed by atoms with E-state index in [1.165, 1.54) is 45.8 Å². The Morgan fingerprint density at radius 1 is 1.00 bits per heavy atom. The van der Waals surface area contributed by atoms with Crippen molar-refractivity contribution in [3.8, 4) is 0 Å². The van der Waals surface area contributed by atoms with E-state index in [-0.39, 0.29) is 30.0 Å². The highest BCUT2D eigenvalue weighted by molar-refractivity contribution is 8.02. The maximum absolute atomic E-state index is 14.0.